The standard InChI is InChI=1S/C17H24N2O7S/c1-4-26-16(23)17(15(21)22,19-13(3)20)10-5-11-18-27(24,25)14-8-6-12(2)7-9-14/h6-9,18H,4-5,10-11H2,1-3H3,(H,19,20)(H,21,22)/p-1. The molecule has 0 fully saturated rings. The summed E-state index contributed by atoms with van der Waals surface area (Å²) in [5.41, 5.74) is -1.48. The van der Waals surface area contributed by atoms with E-state index in [-0.39, 0.29) is 24.5 Å². The Hall–Kier alpha value is -2.46. The molecule has 150 valence electrons. The number of amides is 1. The summed E-state index contributed by atoms with van der Waals surface area (Å²) in [6.07, 6.45) is -0.456. The first-order valence-electron chi connectivity index (χ1n) is 8.29. The fraction of sp³-hybridized carbons (Fsp3) is 0.471. The molecule has 1 aromatic rings. The van der Waals surface area contributed by atoms with Gasteiger partial charge in [-0.3, -0.25) is 4.79 Å². The van der Waals surface area contributed by atoms with E-state index >= 15 is 0 Å². The van der Waals surface area contributed by atoms with Crippen molar-refractivity contribution >= 4 is 27.9 Å². The molecular weight excluding hydrogens is 376 g/mol. The molecule has 0 saturated carbocycles. The molecule has 0 radical (unpaired) electrons. The van der Waals surface area contributed by atoms with Crippen LogP contribution in [0.3, 0.4) is 0 Å². The quantitative estimate of drug-likeness (QED) is 0.299. The number of carboxylic acid groups (broad SMARTS) is 1. The van der Waals surface area contributed by atoms with Crippen molar-refractivity contribution in [1.29, 1.82) is 0 Å². The average Bonchev–Trinajstić information content (AvgIpc) is 2.57. The predicted molar refractivity (Wildman–Crippen MR) is 93.8 cm³/mol. The van der Waals surface area contributed by atoms with E-state index in [4.69, 9.17) is 4.74 Å². The highest BCUT2D eigenvalue weighted by atomic mass is 32.2. The van der Waals surface area contributed by atoms with E-state index in [0.29, 0.717) is 0 Å². The Kier molecular flexibility index (Phi) is 7.92. The van der Waals surface area contributed by atoms with Gasteiger partial charge in [0.05, 0.1) is 17.5 Å². The second-order valence-electron chi connectivity index (χ2n) is 5.91. The number of carboxylic acids is 1. The molecular formula is C17H23N2O7S-. The predicted octanol–water partition coefficient (Wildman–Crippen LogP) is -0.759. The minimum Gasteiger partial charge on any atom is -0.547 e. The molecule has 1 unspecified atom stereocenters. The van der Waals surface area contributed by atoms with Gasteiger partial charge in [0.2, 0.25) is 15.9 Å². The molecule has 27 heavy (non-hydrogen) atoms. The van der Waals surface area contributed by atoms with Gasteiger partial charge in [-0.05, 0) is 38.8 Å². The fourth-order valence-electron chi connectivity index (χ4n) is 2.37. The van der Waals surface area contributed by atoms with Crippen LogP contribution < -0.4 is 15.1 Å². The van der Waals surface area contributed by atoms with Crippen molar-refractivity contribution in [2.45, 2.75) is 44.0 Å². The summed E-state index contributed by atoms with van der Waals surface area (Å²) < 4.78 is 31.5. The normalized spacial score (nSPS) is 13.4. The summed E-state index contributed by atoms with van der Waals surface area (Å²) in [7, 11) is -3.79. The molecule has 9 nitrogen and oxygen atoms in total. The van der Waals surface area contributed by atoms with Crippen LogP contribution in [0.25, 0.3) is 0 Å². The third kappa shape index (κ3) is 6.04. The molecule has 0 spiro atoms. The number of esters is 1. The van der Waals surface area contributed by atoms with Crippen LogP contribution in [-0.2, 0) is 29.1 Å². The number of rotatable bonds is 10. The summed E-state index contributed by atoms with van der Waals surface area (Å²) in [6.45, 7) is 4.12. The van der Waals surface area contributed by atoms with Gasteiger partial charge in [-0.15, -0.1) is 0 Å². The molecule has 0 bridgehead atoms. The van der Waals surface area contributed by atoms with Gasteiger partial charge in [-0.1, -0.05) is 17.7 Å². The second-order valence-corrected chi connectivity index (χ2v) is 7.68. The molecule has 0 aliphatic heterocycles. The van der Waals surface area contributed by atoms with Crippen molar-refractivity contribution in [3.8, 4) is 0 Å². The molecule has 0 aromatic heterocycles. The van der Waals surface area contributed by atoms with Crippen LogP contribution in [0.5, 0.6) is 0 Å². The SMILES string of the molecule is CCOC(=O)C(CCCNS(=O)(=O)c1ccc(C)cc1)(NC(C)=O)C(=O)[O-]. The largest absolute Gasteiger partial charge is 0.547 e. The molecule has 10 heteroatoms. The van der Waals surface area contributed by atoms with E-state index in [2.05, 4.69) is 10.0 Å². The highest BCUT2D eigenvalue weighted by molar-refractivity contribution is 7.89. The zero-order valence-electron chi connectivity index (χ0n) is 15.4. The van der Waals surface area contributed by atoms with Crippen molar-refractivity contribution in [1.82, 2.24) is 10.0 Å². The Morgan fingerprint density at radius 3 is 2.26 bits per heavy atom. The average molecular weight is 399 g/mol. The molecule has 1 amide bonds. The van der Waals surface area contributed by atoms with Crippen LogP contribution in [-0.4, -0.2) is 45.0 Å². The van der Waals surface area contributed by atoms with Gasteiger partial charge in [0.15, 0.2) is 5.54 Å². The summed E-state index contributed by atoms with van der Waals surface area (Å²) in [4.78, 5) is 35.1. The van der Waals surface area contributed by atoms with Gasteiger partial charge in [-0.2, -0.15) is 0 Å². The highest BCUT2D eigenvalue weighted by Gasteiger charge is 2.42. The van der Waals surface area contributed by atoms with E-state index < -0.39 is 39.8 Å². The van der Waals surface area contributed by atoms with E-state index in [1.807, 2.05) is 6.92 Å². The van der Waals surface area contributed by atoms with E-state index in [9.17, 15) is 27.9 Å². The highest BCUT2D eigenvalue weighted by Crippen LogP contribution is 2.16. The van der Waals surface area contributed by atoms with E-state index in [1.165, 1.54) is 19.1 Å². The lowest BCUT2D eigenvalue weighted by Gasteiger charge is -2.32. The minimum atomic E-state index is -3.79. The van der Waals surface area contributed by atoms with E-state index in [0.717, 1.165) is 12.5 Å². The molecule has 1 rings (SSSR count). The van der Waals surface area contributed by atoms with Crippen LogP contribution in [0.2, 0.25) is 0 Å². The number of ether oxygens (including phenoxy) is 1. The van der Waals surface area contributed by atoms with Gasteiger partial charge in [0, 0.05) is 13.5 Å². The lowest BCUT2D eigenvalue weighted by molar-refractivity contribution is -0.313. The van der Waals surface area contributed by atoms with E-state index in [1.54, 1.807) is 12.1 Å². The first kappa shape index (κ1) is 22.6. The Morgan fingerprint density at radius 2 is 1.78 bits per heavy atom. The second kappa shape index (κ2) is 9.47. The van der Waals surface area contributed by atoms with Crippen molar-refractivity contribution in [2.24, 2.45) is 0 Å². The molecule has 2 N–H and O–H groups in total. The number of benzene rings is 1. The maximum atomic E-state index is 12.2. The number of aryl methyl sites for hydroxylation is 1. The van der Waals surface area contributed by atoms with Crippen LogP contribution in [0.1, 0.15) is 32.3 Å². The third-order valence-electron chi connectivity index (χ3n) is 3.71. The van der Waals surface area contributed by atoms with Crippen LogP contribution >= 0.6 is 0 Å². The molecule has 1 aromatic carbocycles. The fourth-order valence-corrected chi connectivity index (χ4v) is 3.44. The first-order valence-corrected chi connectivity index (χ1v) is 9.77. The number of hydrogen-bond acceptors (Lipinski definition) is 7. The van der Waals surface area contributed by atoms with Crippen molar-refractivity contribution < 1.29 is 32.6 Å². The van der Waals surface area contributed by atoms with Crippen LogP contribution in [0.15, 0.2) is 29.2 Å². The molecule has 0 aliphatic rings. The van der Waals surface area contributed by atoms with Gasteiger partial charge in [0.25, 0.3) is 0 Å². The number of hydrogen-bond donors (Lipinski definition) is 2. The third-order valence-corrected chi connectivity index (χ3v) is 5.19. The number of aliphatic carboxylic acids is 1. The van der Waals surface area contributed by atoms with Gasteiger partial charge < -0.3 is 20.0 Å². The topological polar surface area (TPSA) is 142 Å². The van der Waals surface area contributed by atoms with Crippen LogP contribution in [0.4, 0.5) is 0 Å². The zero-order chi connectivity index (χ0) is 20.7. The van der Waals surface area contributed by atoms with Crippen molar-refractivity contribution in [3.05, 3.63) is 29.8 Å². The Bertz CT molecular complexity index is 790. The summed E-state index contributed by atoms with van der Waals surface area (Å²) in [5, 5.41) is 13.6. The zero-order valence-corrected chi connectivity index (χ0v) is 16.2. The molecule has 0 heterocycles. The Morgan fingerprint density at radius 1 is 1.19 bits per heavy atom. The van der Waals surface area contributed by atoms with Crippen molar-refractivity contribution in [2.75, 3.05) is 13.2 Å². The maximum Gasteiger partial charge on any atom is 0.337 e. The first-order chi connectivity index (χ1) is 12.5. The van der Waals surface area contributed by atoms with Crippen LogP contribution in [0, 0.1) is 6.92 Å². The van der Waals surface area contributed by atoms with Gasteiger partial charge >= 0.3 is 5.97 Å². The lowest BCUT2D eigenvalue weighted by Crippen LogP contribution is -2.65. The molecule has 0 aliphatic carbocycles. The number of carbonyl (C=O) groups is 3. The maximum absolute atomic E-state index is 12.2. The number of sulfonamides is 1. The smallest absolute Gasteiger partial charge is 0.337 e. The summed E-state index contributed by atoms with van der Waals surface area (Å²) in [5.74, 6) is -3.74. The lowest BCUT2D eigenvalue weighted by atomic mass is 9.93. The number of carbonyl (C=O) groups excluding carboxylic acids is 3. The minimum absolute atomic E-state index is 0.0574. The monoisotopic (exact) mass is 399 g/mol. The summed E-state index contributed by atoms with van der Waals surface area (Å²) in [6, 6.07) is 6.18. The number of nitrogens with one attached hydrogen (secondary N) is 2. The Labute approximate surface area is 158 Å². The van der Waals surface area contributed by atoms with Gasteiger partial charge in [-0.25, -0.2) is 17.9 Å². The van der Waals surface area contributed by atoms with Gasteiger partial charge in [0.1, 0.15) is 0 Å². The molecule has 1 atom stereocenters. The van der Waals surface area contributed by atoms with Crippen molar-refractivity contribution in [3.63, 3.8) is 0 Å². The summed E-state index contributed by atoms with van der Waals surface area (Å²) >= 11 is 0. The molecule has 0 saturated heterocycles. The Balaban J connectivity index is 2.83.